The minimum atomic E-state index is -3.87. The normalized spacial score (nSPS) is 25.1. The molecule has 3 N–H and O–H groups in total. The van der Waals surface area contributed by atoms with E-state index in [2.05, 4.69) is 36.6 Å². The van der Waals surface area contributed by atoms with Gasteiger partial charge in [0.05, 0.1) is 22.9 Å². The van der Waals surface area contributed by atoms with Crippen molar-refractivity contribution in [3.63, 3.8) is 0 Å². The Morgan fingerprint density at radius 2 is 2.02 bits per heavy atom. The molecule has 1 saturated heterocycles. The number of thiophene rings is 1. The minimum Gasteiger partial charge on any atom is -0.471 e. The molecule has 3 aliphatic rings. The Labute approximate surface area is 269 Å². The van der Waals surface area contributed by atoms with Crippen LogP contribution in [-0.4, -0.2) is 91.7 Å². The molecule has 3 aromatic rings. The van der Waals surface area contributed by atoms with Crippen molar-refractivity contribution in [2.24, 2.45) is 11.3 Å². The molecule has 6 rings (SSSR count). The number of fused-ring (bicyclic) bond motifs is 1. The molecule has 14 nitrogen and oxygen atoms in total. The van der Waals surface area contributed by atoms with Gasteiger partial charge in [-0.1, -0.05) is 32.9 Å². The molecule has 3 aromatic heterocycles. The highest BCUT2D eigenvalue weighted by atomic mass is 32.2. The van der Waals surface area contributed by atoms with Crippen LogP contribution in [0, 0.1) is 11.3 Å². The molecule has 16 heteroatoms. The van der Waals surface area contributed by atoms with Crippen LogP contribution in [0.3, 0.4) is 0 Å². The van der Waals surface area contributed by atoms with Gasteiger partial charge in [0, 0.05) is 12.3 Å². The number of hydrogen-bond donors (Lipinski definition) is 3. The van der Waals surface area contributed by atoms with E-state index < -0.39 is 68.1 Å². The zero-order chi connectivity index (χ0) is 33.0. The molecule has 2 saturated carbocycles. The Morgan fingerprint density at radius 1 is 1.26 bits per heavy atom. The topological polar surface area (TPSA) is 194 Å². The maximum absolute atomic E-state index is 13.9. The van der Waals surface area contributed by atoms with Crippen LogP contribution >= 0.6 is 11.3 Å². The van der Waals surface area contributed by atoms with Gasteiger partial charge >= 0.3 is 0 Å². The van der Waals surface area contributed by atoms with E-state index in [9.17, 15) is 27.9 Å². The molecule has 0 aromatic carbocycles. The van der Waals surface area contributed by atoms with Gasteiger partial charge in [0.25, 0.3) is 11.8 Å². The number of sulfonamides is 1. The number of ether oxygens (including phenoxy) is 1. The smallest absolute Gasteiger partial charge is 0.259 e. The highest BCUT2D eigenvalue weighted by Crippen LogP contribution is 2.45. The maximum atomic E-state index is 13.9. The number of aliphatic hydroxyl groups excluding tert-OH is 1. The molecule has 4 heterocycles. The molecule has 0 bridgehead atoms. The van der Waals surface area contributed by atoms with E-state index in [4.69, 9.17) is 4.74 Å². The second-order valence-electron chi connectivity index (χ2n) is 13.0. The van der Waals surface area contributed by atoms with Gasteiger partial charge in [-0.05, 0) is 36.1 Å². The number of rotatable bonds is 10. The van der Waals surface area contributed by atoms with Gasteiger partial charge in [0.1, 0.15) is 41.3 Å². The number of carbonyl (C=O) groups is 3. The van der Waals surface area contributed by atoms with E-state index in [1.807, 2.05) is 17.5 Å². The number of aromatic nitrogens is 4. The summed E-state index contributed by atoms with van der Waals surface area (Å²) in [6.07, 6.45) is 3.24. The fourth-order valence-electron chi connectivity index (χ4n) is 5.53. The number of aliphatic hydroxyl groups is 1. The molecule has 46 heavy (non-hydrogen) atoms. The third-order valence-electron chi connectivity index (χ3n) is 8.50. The Balaban J connectivity index is 1.29. The molecular formula is C30H35N7O7S2. The lowest BCUT2D eigenvalue weighted by molar-refractivity contribution is -0.150. The van der Waals surface area contributed by atoms with Crippen LogP contribution in [0.1, 0.15) is 46.5 Å². The molecule has 244 valence electrons. The maximum Gasteiger partial charge on any atom is 0.259 e. The Hall–Kier alpha value is -4.02. The summed E-state index contributed by atoms with van der Waals surface area (Å²) in [6, 6.07) is 2.57. The number of likely N-dealkylation sites (tertiary alicyclic amines) is 1. The van der Waals surface area contributed by atoms with Crippen molar-refractivity contribution in [3.8, 4) is 16.5 Å². The summed E-state index contributed by atoms with van der Waals surface area (Å²) >= 11 is 1.43. The summed E-state index contributed by atoms with van der Waals surface area (Å²) in [5.41, 5.74) is -1.18. The summed E-state index contributed by atoms with van der Waals surface area (Å²) in [7, 11) is -3.87. The van der Waals surface area contributed by atoms with Gasteiger partial charge in [-0.15, -0.1) is 17.9 Å². The second-order valence-corrected chi connectivity index (χ2v) is 15.9. The summed E-state index contributed by atoms with van der Waals surface area (Å²) in [4.78, 5) is 60.4. The molecule has 0 spiro atoms. The van der Waals surface area contributed by atoms with Gasteiger partial charge in [0.15, 0.2) is 5.65 Å². The lowest BCUT2D eigenvalue weighted by Crippen LogP contribution is -2.57. The third kappa shape index (κ3) is 6.08. The van der Waals surface area contributed by atoms with E-state index >= 15 is 0 Å². The van der Waals surface area contributed by atoms with Gasteiger partial charge in [-0.2, -0.15) is 0 Å². The van der Waals surface area contributed by atoms with Crippen LogP contribution in [0.25, 0.3) is 21.7 Å². The highest BCUT2D eigenvalue weighted by molar-refractivity contribution is 7.91. The van der Waals surface area contributed by atoms with Gasteiger partial charge in [-0.3, -0.25) is 19.1 Å². The largest absolute Gasteiger partial charge is 0.471 e. The van der Waals surface area contributed by atoms with Crippen molar-refractivity contribution in [1.82, 2.24) is 34.9 Å². The third-order valence-corrected chi connectivity index (χ3v) is 11.2. The number of amides is 3. The fourth-order valence-corrected chi connectivity index (χ4v) is 7.60. The predicted molar refractivity (Wildman–Crippen MR) is 168 cm³/mol. The number of nitrogens with zero attached hydrogens (tertiary/aromatic N) is 5. The first-order chi connectivity index (χ1) is 21.7. The fraction of sp³-hybridized carbons (Fsp3) is 0.500. The molecule has 0 radical (unpaired) electrons. The molecule has 0 unspecified atom stereocenters. The predicted octanol–water partition coefficient (Wildman–Crippen LogP) is 1.57. The summed E-state index contributed by atoms with van der Waals surface area (Å²) in [5.74, 6) is -2.55. The lowest BCUT2D eigenvalue weighted by Gasteiger charge is -2.32. The molecular weight excluding hydrogens is 635 g/mol. The first-order valence-electron chi connectivity index (χ1n) is 14.9. The van der Waals surface area contributed by atoms with E-state index in [1.165, 1.54) is 34.8 Å². The summed E-state index contributed by atoms with van der Waals surface area (Å²) in [6.45, 7) is 8.77. The van der Waals surface area contributed by atoms with E-state index in [1.54, 1.807) is 20.8 Å². The lowest BCUT2D eigenvalue weighted by atomic mass is 9.88. The Morgan fingerprint density at radius 3 is 2.65 bits per heavy atom. The molecule has 3 fully saturated rings. The van der Waals surface area contributed by atoms with Crippen LogP contribution in [-0.2, 0) is 24.4 Å². The minimum absolute atomic E-state index is 0.000150. The van der Waals surface area contributed by atoms with Gasteiger partial charge < -0.3 is 20.1 Å². The average molecular weight is 670 g/mol. The van der Waals surface area contributed by atoms with Crippen LogP contribution < -0.4 is 14.8 Å². The van der Waals surface area contributed by atoms with Gasteiger partial charge in [0.2, 0.25) is 21.8 Å². The van der Waals surface area contributed by atoms with Crippen molar-refractivity contribution in [2.75, 3.05) is 6.54 Å². The number of hydrogen-bond acceptors (Lipinski definition) is 12. The zero-order valence-electron chi connectivity index (χ0n) is 25.5. The van der Waals surface area contributed by atoms with Crippen LogP contribution in [0.15, 0.2) is 42.7 Å². The molecule has 3 amide bonds. The molecule has 5 atom stereocenters. The van der Waals surface area contributed by atoms with Gasteiger partial charge in [-0.25, -0.2) is 28.4 Å². The van der Waals surface area contributed by atoms with Crippen LogP contribution in [0.2, 0.25) is 0 Å². The average Bonchev–Trinajstić information content (AvgIpc) is 3.88. The molecule has 1 aliphatic heterocycles. The van der Waals surface area contributed by atoms with E-state index in [0.717, 1.165) is 4.88 Å². The van der Waals surface area contributed by atoms with Crippen LogP contribution in [0.5, 0.6) is 5.88 Å². The number of carbonyl (C=O) groups excluding carboxylic acids is 3. The standard InChI is InChI=1S/C30H35N7O7S2/c1-5-16-12-30(16,28(41)36-46(42,43)18-8-9-18)35-25(39)20-11-17(14-37(20)27(40)23(38)29(2,3)4)44-26-22(21-7-6-10-45-21)34-24-19(33-26)13-31-15-32-24/h5-7,10,13,15-18,20,23,38H,1,8-9,11-12,14H2,2-4H3,(H,35,39)(H,36,41)/t16-,17-,20+,23-,30-/m1/s1. The SMILES string of the molecule is C=C[C@@H]1C[C@]1(NC(=O)[C@@H]1C[C@@H](Oc2nc3cncnc3nc2-c2cccs2)CN1C(=O)[C@@H](O)C(C)(C)C)C(=O)NS(=O)(=O)C1CC1. The van der Waals surface area contributed by atoms with Crippen molar-refractivity contribution in [1.29, 1.82) is 0 Å². The summed E-state index contributed by atoms with van der Waals surface area (Å²) < 4.78 is 33.6. The highest BCUT2D eigenvalue weighted by Gasteiger charge is 2.62. The number of nitrogens with one attached hydrogen (secondary N) is 2. The van der Waals surface area contributed by atoms with Crippen molar-refractivity contribution in [3.05, 3.63) is 42.7 Å². The van der Waals surface area contributed by atoms with Crippen molar-refractivity contribution >= 4 is 50.2 Å². The monoisotopic (exact) mass is 669 g/mol. The molecule has 2 aliphatic carbocycles. The van der Waals surface area contributed by atoms with Crippen molar-refractivity contribution < 1.29 is 32.6 Å². The summed E-state index contributed by atoms with van der Waals surface area (Å²) in [5, 5.41) is 14.9. The van der Waals surface area contributed by atoms with E-state index in [-0.39, 0.29) is 25.3 Å². The second kappa shape index (κ2) is 11.7. The van der Waals surface area contributed by atoms with Crippen LogP contribution in [0.4, 0.5) is 0 Å². The van der Waals surface area contributed by atoms with Crippen molar-refractivity contribution in [2.45, 2.75) is 75.5 Å². The zero-order valence-corrected chi connectivity index (χ0v) is 27.2. The first-order valence-corrected chi connectivity index (χ1v) is 17.3. The Kier molecular flexibility index (Phi) is 8.09. The Bertz CT molecular complexity index is 1810. The quantitative estimate of drug-likeness (QED) is 0.265. The van der Waals surface area contributed by atoms with E-state index in [0.29, 0.717) is 29.7 Å². The first kappa shape index (κ1) is 31.9.